The van der Waals surface area contributed by atoms with Crippen molar-refractivity contribution in [3.05, 3.63) is 35.4 Å². The van der Waals surface area contributed by atoms with Crippen LogP contribution in [-0.4, -0.2) is 11.7 Å². The molecular weight excluding hydrogens is 210 g/mol. The van der Waals surface area contributed by atoms with Gasteiger partial charge in [0, 0.05) is 17.9 Å². The van der Waals surface area contributed by atoms with Crippen LogP contribution < -0.4 is 0 Å². The van der Waals surface area contributed by atoms with Crippen molar-refractivity contribution in [2.45, 2.75) is 12.8 Å². The molecule has 0 heterocycles. The Labute approximate surface area is 85.7 Å². The lowest BCUT2D eigenvalue weighted by Gasteiger charge is -2.00. The number of carbonyl (C=O) groups excluding carboxylic acids is 1. The number of rotatable bonds is 4. The molecule has 1 nitrogen and oxygen atoms in total. The van der Waals surface area contributed by atoms with Gasteiger partial charge in [-0.3, -0.25) is 4.79 Å². The molecule has 0 aliphatic heterocycles. The van der Waals surface area contributed by atoms with Crippen LogP contribution in [0.25, 0.3) is 0 Å². The molecule has 0 N–H and O–H groups in total. The lowest BCUT2D eigenvalue weighted by atomic mass is 10.1. The Kier molecular flexibility index (Phi) is 4.01. The second-order valence-electron chi connectivity index (χ2n) is 2.84. The molecule has 1 rings (SSSR count). The van der Waals surface area contributed by atoms with E-state index in [9.17, 15) is 13.6 Å². The molecule has 0 radical (unpaired) electrons. The zero-order valence-electron chi connectivity index (χ0n) is 7.40. The Morgan fingerprint density at radius 3 is 2.57 bits per heavy atom. The topological polar surface area (TPSA) is 17.1 Å². The van der Waals surface area contributed by atoms with Gasteiger partial charge in [-0.2, -0.15) is 0 Å². The number of halogens is 3. The molecule has 1 aromatic rings. The summed E-state index contributed by atoms with van der Waals surface area (Å²) in [4.78, 5) is 11.3. The Morgan fingerprint density at radius 1 is 1.29 bits per heavy atom. The van der Waals surface area contributed by atoms with E-state index in [1.165, 1.54) is 6.07 Å². The Bertz CT molecular complexity index is 339. The van der Waals surface area contributed by atoms with E-state index in [0.717, 1.165) is 12.1 Å². The van der Waals surface area contributed by atoms with Gasteiger partial charge >= 0.3 is 0 Å². The van der Waals surface area contributed by atoms with E-state index in [2.05, 4.69) is 0 Å². The van der Waals surface area contributed by atoms with E-state index >= 15 is 0 Å². The van der Waals surface area contributed by atoms with Gasteiger partial charge in [-0.15, -0.1) is 11.6 Å². The maximum Gasteiger partial charge on any atom is 0.163 e. The Hall–Kier alpha value is -0.960. The van der Waals surface area contributed by atoms with Gasteiger partial charge in [0.05, 0.1) is 0 Å². The molecule has 0 aliphatic rings. The van der Waals surface area contributed by atoms with Crippen molar-refractivity contribution in [1.29, 1.82) is 0 Å². The van der Waals surface area contributed by atoms with Crippen molar-refractivity contribution < 1.29 is 13.6 Å². The first kappa shape index (κ1) is 11.1. The fraction of sp³-hybridized carbons (Fsp3) is 0.300. The second kappa shape index (κ2) is 5.05. The van der Waals surface area contributed by atoms with Gasteiger partial charge in [0.2, 0.25) is 0 Å². The number of hydrogen-bond donors (Lipinski definition) is 0. The van der Waals surface area contributed by atoms with Crippen LogP contribution in [-0.2, 0) is 0 Å². The predicted molar refractivity (Wildman–Crippen MR) is 50.6 cm³/mol. The molecule has 0 saturated carbocycles. The third kappa shape index (κ3) is 2.77. The average molecular weight is 219 g/mol. The average Bonchev–Trinajstić information content (AvgIpc) is 2.18. The van der Waals surface area contributed by atoms with Gasteiger partial charge in [-0.05, 0) is 24.6 Å². The molecule has 14 heavy (non-hydrogen) atoms. The number of benzene rings is 1. The minimum atomic E-state index is -0.998. The van der Waals surface area contributed by atoms with E-state index in [1.807, 2.05) is 0 Å². The fourth-order valence-electron chi connectivity index (χ4n) is 1.04. The van der Waals surface area contributed by atoms with Crippen molar-refractivity contribution in [2.75, 3.05) is 5.88 Å². The second-order valence-corrected chi connectivity index (χ2v) is 3.22. The zero-order valence-corrected chi connectivity index (χ0v) is 8.15. The van der Waals surface area contributed by atoms with Crippen molar-refractivity contribution in [3.63, 3.8) is 0 Å². The maximum atomic E-state index is 12.7. The van der Waals surface area contributed by atoms with Crippen LogP contribution in [0.5, 0.6) is 0 Å². The van der Waals surface area contributed by atoms with Crippen LogP contribution in [0.3, 0.4) is 0 Å². The molecule has 4 heteroatoms. The molecule has 1 aromatic carbocycles. The summed E-state index contributed by atoms with van der Waals surface area (Å²) >= 11 is 5.40. The van der Waals surface area contributed by atoms with Gasteiger partial charge in [-0.1, -0.05) is 0 Å². The van der Waals surface area contributed by atoms with Crippen molar-refractivity contribution in [2.24, 2.45) is 0 Å². The number of alkyl halides is 1. The first-order valence-corrected chi connectivity index (χ1v) is 4.73. The van der Waals surface area contributed by atoms with Crippen LogP contribution in [0.4, 0.5) is 8.78 Å². The number of carbonyl (C=O) groups is 1. The van der Waals surface area contributed by atoms with E-state index in [4.69, 9.17) is 11.6 Å². The third-order valence-electron chi connectivity index (χ3n) is 1.78. The highest BCUT2D eigenvalue weighted by Gasteiger charge is 2.08. The van der Waals surface area contributed by atoms with Crippen molar-refractivity contribution >= 4 is 17.4 Å². The molecular formula is C10H9ClF2O. The Balaban J connectivity index is 2.76. The third-order valence-corrected chi connectivity index (χ3v) is 2.05. The van der Waals surface area contributed by atoms with Gasteiger partial charge in [0.1, 0.15) is 0 Å². The summed E-state index contributed by atoms with van der Waals surface area (Å²) in [5, 5.41) is 0. The maximum absolute atomic E-state index is 12.7. The SMILES string of the molecule is O=C(CCCCl)c1ccc(F)c(F)c1. The predicted octanol–water partition coefficient (Wildman–Crippen LogP) is 3.17. The van der Waals surface area contributed by atoms with E-state index < -0.39 is 11.6 Å². The largest absolute Gasteiger partial charge is 0.294 e. The first-order chi connectivity index (χ1) is 6.65. The summed E-state index contributed by atoms with van der Waals surface area (Å²) in [5.41, 5.74) is 0.189. The van der Waals surface area contributed by atoms with Crippen molar-refractivity contribution in [1.82, 2.24) is 0 Å². The van der Waals surface area contributed by atoms with Gasteiger partial charge in [-0.25, -0.2) is 8.78 Å². The molecule has 0 atom stereocenters. The molecule has 0 spiro atoms. The highest BCUT2D eigenvalue weighted by Crippen LogP contribution is 2.11. The summed E-state index contributed by atoms with van der Waals surface area (Å²) in [5.74, 6) is -1.78. The van der Waals surface area contributed by atoms with Crippen molar-refractivity contribution in [3.8, 4) is 0 Å². The van der Waals surface area contributed by atoms with Crippen LogP contribution in [0.1, 0.15) is 23.2 Å². The number of hydrogen-bond acceptors (Lipinski definition) is 1. The zero-order chi connectivity index (χ0) is 10.6. The highest BCUT2D eigenvalue weighted by molar-refractivity contribution is 6.18. The molecule has 76 valence electrons. The number of ketones is 1. The molecule has 0 unspecified atom stereocenters. The molecule has 0 saturated heterocycles. The molecule has 0 fully saturated rings. The molecule has 0 aromatic heterocycles. The monoisotopic (exact) mass is 218 g/mol. The first-order valence-electron chi connectivity index (χ1n) is 4.19. The van der Waals surface area contributed by atoms with E-state index in [1.54, 1.807) is 0 Å². The fourth-order valence-corrected chi connectivity index (χ4v) is 1.17. The minimum Gasteiger partial charge on any atom is -0.294 e. The quantitative estimate of drug-likeness (QED) is 0.561. The summed E-state index contributed by atoms with van der Waals surface area (Å²) in [6.07, 6.45) is 0.800. The van der Waals surface area contributed by atoms with Gasteiger partial charge in [0.25, 0.3) is 0 Å². The van der Waals surface area contributed by atoms with E-state index in [0.29, 0.717) is 12.3 Å². The summed E-state index contributed by atoms with van der Waals surface area (Å²) in [6.45, 7) is 0. The summed E-state index contributed by atoms with van der Waals surface area (Å²) < 4.78 is 25.2. The van der Waals surface area contributed by atoms with E-state index in [-0.39, 0.29) is 17.8 Å². The van der Waals surface area contributed by atoms with Crippen LogP contribution in [0.15, 0.2) is 18.2 Å². The minimum absolute atomic E-state index is 0.189. The lowest BCUT2D eigenvalue weighted by Crippen LogP contribution is -2.00. The van der Waals surface area contributed by atoms with Crippen LogP contribution >= 0.6 is 11.6 Å². The van der Waals surface area contributed by atoms with Gasteiger partial charge < -0.3 is 0 Å². The van der Waals surface area contributed by atoms with Crippen LogP contribution in [0.2, 0.25) is 0 Å². The van der Waals surface area contributed by atoms with Crippen LogP contribution in [0, 0.1) is 11.6 Å². The summed E-state index contributed by atoms with van der Waals surface area (Å²) in [7, 11) is 0. The molecule has 0 aliphatic carbocycles. The smallest absolute Gasteiger partial charge is 0.163 e. The van der Waals surface area contributed by atoms with Gasteiger partial charge in [0.15, 0.2) is 17.4 Å². The summed E-state index contributed by atoms with van der Waals surface area (Å²) in [6, 6.07) is 3.13. The lowest BCUT2D eigenvalue weighted by molar-refractivity contribution is 0.0981. The molecule has 0 amide bonds. The molecule has 0 bridgehead atoms. The Morgan fingerprint density at radius 2 is 2.00 bits per heavy atom. The number of Topliss-reactive ketones (excluding diaryl/α,β-unsaturated/α-hetero) is 1. The standard InChI is InChI=1S/C10H9ClF2O/c11-5-1-2-10(14)7-3-4-8(12)9(13)6-7/h3-4,6H,1-2,5H2. The highest BCUT2D eigenvalue weighted by atomic mass is 35.5. The normalized spacial score (nSPS) is 10.2.